The van der Waals surface area contributed by atoms with E-state index in [9.17, 15) is 0 Å². The van der Waals surface area contributed by atoms with Crippen LogP contribution in [-0.2, 0) is 6.42 Å². The predicted octanol–water partition coefficient (Wildman–Crippen LogP) is 25.1. The van der Waals surface area contributed by atoms with Crippen LogP contribution in [0.4, 0.5) is 0 Å². The van der Waals surface area contributed by atoms with E-state index < -0.39 is 0 Å². The van der Waals surface area contributed by atoms with Crippen LogP contribution >= 0.6 is 0 Å². The Labute approximate surface area is 536 Å². The molecular formula is C89H96. The van der Waals surface area contributed by atoms with E-state index in [2.05, 4.69) is 390 Å². The molecule has 0 atom stereocenters. The van der Waals surface area contributed by atoms with Crippen molar-refractivity contribution in [3.63, 3.8) is 0 Å². The predicted molar refractivity (Wildman–Crippen MR) is 395 cm³/mol. The maximum atomic E-state index is 2.24. The molecule has 89 heavy (non-hydrogen) atoms. The topological polar surface area (TPSA) is 0 Å². The third-order valence-corrected chi connectivity index (χ3v) is 15.7. The highest BCUT2D eigenvalue weighted by Gasteiger charge is 2.00. The number of fused-ring (bicyclic) bond motifs is 3. The van der Waals surface area contributed by atoms with Crippen LogP contribution in [0, 0.1) is 111 Å². The number of hydrogen-bond acceptors (Lipinski definition) is 0. The third-order valence-electron chi connectivity index (χ3n) is 15.7. The Bertz CT molecular complexity index is 3990. The van der Waals surface area contributed by atoms with E-state index in [-0.39, 0.29) is 0 Å². The van der Waals surface area contributed by atoms with Crippen molar-refractivity contribution in [1.82, 2.24) is 0 Å². The Hall–Kier alpha value is -9.36. The summed E-state index contributed by atoms with van der Waals surface area (Å²) >= 11 is 0. The molecule has 0 N–H and O–H groups in total. The molecule has 0 fully saturated rings. The van der Waals surface area contributed by atoms with Crippen LogP contribution in [0.15, 0.2) is 279 Å². The highest BCUT2D eigenvalue weighted by molar-refractivity contribution is 5.86. The Morgan fingerprint density at radius 3 is 0.831 bits per heavy atom. The smallest absolute Gasteiger partial charge is 0.00258 e. The fourth-order valence-corrected chi connectivity index (χ4v) is 9.74. The third kappa shape index (κ3) is 24.4. The second-order valence-electron chi connectivity index (χ2n) is 24.2. The largest absolute Gasteiger partial charge is 0.0620 e. The molecule has 0 amide bonds. The van der Waals surface area contributed by atoms with Crippen LogP contribution < -0.4 is 0 Å². The summed E-state index contributed by atoms with van der Waals surface area (Å²) in [6.07, 6.45) is 1.03. The monoisotopic (exact) mass is 1160 g/mol. The van der Waals surface area contributed by atoms with E-state index in [0.29, 0.717) is 0 Å². The number of benzene rings is 13. The van der Waals surface area contributed by atoms with Crippen molar-refractivity contribution in [2.45, 2.75) is 117 Å². The van der Waals surface area contributed by atoms with Gasteiger partial charge in [-0.3, -0.25) is 0 Å². The van der Waals surface area contributed by atoms with Gasteiger partial charge in [0.05, 0.1) is 0 Å². The van der Waals surface area contributed by atoms with Crippen molar-refractivity contribution in [2.24, 2.45) is 0 Å². The standard InChI is InChI=1S/C15H16.C14H14.3C12H12.3C8H10/c1-12-3-7-14(8-4-12)11-15-9-5-13(2)6-10-15;1-11-3-7-13(8-4-11)14-9-5-12(2)6-10-14;1-9-3-5-11-6-4-10(2)8-12(11)7-9;1-9-6-7-11-5-3-4-10(2)12(11)8-9;1-9-7-11-5-3-4-6-12(11)8-10(9)2;1-7-3-5-8(2)6-4-7;1-7-4-3-5-8(2)6-7;1-7-5-3-4-6-8(7)2/h3-10H,11H2,1-2H3;3-10H,1-2H3;3*3-8H,1-2H3;3*3-6H,1-2H3. The van der Waals surface area contributed by atoms with E-state index in [1.807, 2.05) is 0 Å². The summed E-state index contributed by atoms with van der Waals surface area (Å²) < 4.78 is 0. The highest BCUT2D eigenvalue weighted by Crippen LogP contribution is 2.23. The highest BCUT2D eigenvalue weighted by atomic mass is 14.1. The zero-order chi connectivity index (χ0) is 64.2. The molecule has 452 valence electrons. The van der Waals surface area contributed by atoms with Crippen molar-refractivity contribution in [2.75, 3.05) is 0 Å². The molecule has 0 aliphatic heterocycles. The molecule has 0 saturated heterocycles. The molecule has 0 nitrogen and oxygen atoms in total. The first-order valence-electron chi connectivity index (χ1n) is 31.4. The molecule has 13 aromatic carbocycles. The van der Waals surface area contributed by atoms with Gasteiger partial charge in [0, 0.05) is 0 Å². The lowest BCUT2D eigenvalue weighted by Crippen LogP contribution is -1.88. The fourth-order valence-electron chi connectivity index (χ4n) is 9.74. The summed E-state index contributed by atoms with van der Waals surface area (Å²) in [6, 6.07) is 99.1. The maximum absolute atomic E-state index is 2.24. The van der Waals surface area contributed by atoms with Gasteiger partial charge in [-0.05, 0) is 200 Å². The molecule has 0 aliphatic carbocycles. The lowest BCUT2D eigenvalue weighted by atomic mass is 10.0. The van der Waals surface area contributed by atoms with Gasteiger partial charge in [0.25, 0.3) is 0 Å². The maximum Gasteiger partial charge on any atom is -0.00258 e. The van der Waals surface area contributed by atoms with Gasteiger partial charge in [0.2, 0.25) is 0 Å². The summed E-state index contributed by atoms with van der Waals surface area (Å²) in [5.41, 5.74) is 26.7. The Kier molecular flexibility index (Phi) is 27.4. The van der Waals surface area contributed by atoms with Gasteiger partial charge in [0.15, 0.2) is 0 Å². The first kappa shape index (κ1) is 68.7. The number of hydrogen-bond donors (Lipinski definition) is 0. The van der Waals surface area contributed by atoms with Crippen molar-refractivity contribution in [1.29, 1.82) is 0 Å². The van der Waals surface area contributed by atoms with Gasteiger partial charge in [-0.15, -0.1) is 0 Å². The minimum atomic E-state index is 1.03. The van der Waals surface area contributed by atoms with E-state index in [1.165, 1.54) is 144 Å². The van der Waals surface area contributed by atoms with E-state index in [4.69, 9.17) is 0 Å². The lowest BCUT2D eigenvalue weighted by molar-refractivity contribution is 1.18. The van der Waals surface area contributed by atoms with Crippen LogP contribution in [-0.4, -0.2) is 0 Å². The van der Waals surface area contributed by atoms with Crippen molar-refractivity contribution in [3.05, 3.63) is 379 Å². The molecule has 13 rings (SSSR count). The molecule has 0 unspecified atom stereocenters. The summed E-state index contributed by atoms with van der Waals surface area (Å²) in [5, 5.41) is 8.04. The molecule has 0 bridgehead atoms. The Morgan fingerprint density at radius 2 is 0.461 bits per heavy atom. The summed E-state index contributed by atoms with van der Waals surface area (Å²) in [7, 11) is 0. The molecule has 0 spiro atoms. The minimum absolute atomic E-state index is 1.03. The van der Waals surface area contributed by atoms with Crippen LogP contribution in [0.3, 0.4) is 0 Å². The van der Waals surface area contributed by atoms with Crippen molar-refractivity contribution in [3.8, 4) is 11.1 Å². The first-order valence-corrected chi connectivity index (χ1v) is 31.4. The van der Waals surface area contributed by atoms with Crippen LogP contribution in [0.1, 0.15) is 100 Å². The van der Waals surface area contributed by atoms with Gasteiger partial charge in [-0.1, -0.05) is 340 Å². The van der Waals surface area contributed by atoms with Gasteiger partial charge < -0.3 is 0 Å². The summed E-state index contributed by atoms with van der Waals surface area (Å²) in [4.78, 5) is 0. The van der Waals surface area contributed by atoms with Crippen molar-refractivity contribution >= 4 is 32.3 Å². The normalized spacial score (nSPS) is 10.1. The average Bonchev–Trinajstić information content (AvgIpc) is 3.65. The average molecular weight is 1170 g/mol. The van der Waals surface area contributed by atoms with Gasteiger partial charge in [0.1, 0.15) is 0 Å². The van der Waals surface area contributed by atoms with E-state index in [1.54, 1.807) is 0 Å². The summed E-state index contributed by atoms with van der Waals surface area (Å²) in [6.45, 7) is 34.0. The van der Waals surface area contributed by atoms with E-state index in [0.717, 1.165) is 6.42 Å². The fraction of sp³-hybridized carbons (Fsp3) is 0.191. The molecule has 13 aromatic rings. The molecule has 0 heteroatoms. The van der Waals surface area contributed by atoms with Crippen LogP contribution in [0.25, 0.3) is 43.4 Å². The summed E-state index contributed by atoms with van der Waals surface area (Å²) in [5.74, 6) is 0. The van der Waals surface area contributed by atoms with E-state index >= 15 is 0 Å². The van der Waals surface area contributed by atoms with Crippen molar-refractivity contribution < 1.29 is 0 Å². The zero-order valence-electron chi connectivity index (χ0n) is 56.3. The Balaban J connectivity index is 0.000000164. The van der Waals surface area contributed by atoms with Gasteiger partial charge in [-0.25, -0.2) is 0 Å². The number of rotatable bonds is 3. The molecule has 0 aromatic heterocycles. The quantitative estimate of drug-likeness (QED) is 0.165. The SMILES string of the molecule is Cc1cc2ccccc2cc1C.Cc1ccc(-c2ccc(C)cc2)cc1.Cc1ccc(C)cc1.Cc1ccc(Cc2ccc(C)cc2)cc1.Cc1ccc2ccc(C)cc2c1.Cc1ccc2cccc(C)c2c1.Cc1cccc(C)c1.Cc1ccccc1C. The van der Waals surface area contributed by atoms with Gasteiger partial charge >= 0.3 is 0 Å². The molecule has 0 saturated carbocycles. The molecule has 0 heterocycles. The Morgan fingerprint density at radius 1 is 0.169 bits per heavy atom. The minimum Gasteiger partial charge on any atom is -0.0620 e. The second kappa shape index (κ2) is 35.4. The molecule has 0 radical (unpaired) electrons. The van der Waals surface area contributed by atoms with Gasteiger partial charge in [-0.2, -0.15) is 0 Å². The molecule has 0 aliphatic rings. The lowest BCUT2D eigenvalue weighted by Gasteiger charge is -2.03. The molecular weight excluding hydrogens is 1070 g/mol. The zero-order valence-corrected chi connectivity index (χ0v) is 56.3. The first-order chi connectivity index (χ1) is 42.7. The van der Waals surface area contributed by atoms with Crippen LogP contribution in [0.5, 0.6) is 0 Å². The second-order valence-corrected chi connectivity index (χ2v) is 24.2. The number of aryl methyl sites for hydroxylation is 16. The van der Waals surface area contributed by atoms with Crippen LogP contribution in [0.2, 0.25) is 0 Å².